The number of ether oxygens (including phenoxy) is 1. The van der Waals surface area contributed by atoms with Crippen LogP contribution in [0, 0.1) is 12.3 Å². The first-order chi connectivity index (χ1) is 16.0. The van der Waals surface area contributed by atoms with Crippen molar-refractivity contribution in [3.05, 3.63) is 77.4 Å². The lowest BCUT2D eigenvalue weighted by Crippen LogP contribution is -2.40. The monoisotopic (exact) mass is 443 g/mol. The second-order valence-corrected chi connectivity index (χ2v) is 8.16. The highest BCUT2D eigenvalue weighted by molar-refractivity contribution is 6.05. The second-order valence-electron chi connectivity index (χ2n) is 8.16. The van der Waals surface area contributed by atoms with Crippen molar-refractivity contribution in [2.75, 3.05) is 13.7 Å². The molecule has 1 aliphatic rings. The van der Waals surface area contributed by atoms with Crippen LogP contribution >= 0.6 is 0 Å². The summed E-state index contributed by atoms with van der Waals surface area (Å²) in [5, 5.41) is 14.0. The first-order valence-electron chi connectivity index (χ1n) is 11.0. The lowest BCUT2D eigenvalue weighted by atomic mass is 10.1. The van der Waals surface area contributed by atoms with Gasteiger partial charge in [-0.3, -0.25) is 5.41 Å². The Morgan fingerprint density at radius 3 is 2.64 bits per heavy atom. The molecule has 0 aromatic heterocycles. The van der Waals surface area contributed by atoms with E-state index in [0.29, 0.717) is 12.4 Å². The molecule has 0 saturated carbocycles. The Bertz CT molecular complexity index is 1190. The van der Waals surface area contributed by atoms with Crippen molar-refractivity contribution >= 4 is 28.8 Å². The van der Waals surface area contributed by atoms with Crippen LogP contribution in [0.3, 0.4) is 0 Å². The zero-order chi connectivity index (χ0) is 23.2. The van der Waals surface area contributed by atoms with Crippen molar-refractivity contribution in [2.45, 2.75) is 32.4 Å². The van der Waals surface area contributed by atoms with Crippen molar-refractivity contribution in [1.82, 2.24) is 4.90 Å². The third-order valence-electron chi connectivity index (χ3n) is 5.75. The molecule has 33 heavy (non-hydrogen) atoms. The highest BCUT2D eigenvalue weighted by atomic mass is 16.6. The van der Waals surface area contributed by atoms with E-state index < -0.39 is 0 Å². The third-order valence-corrected chi connectivity index (χ3v) is 5.75. The van der Waals surface area contributed by atoms with Gasteiger partial charge in [-0.15, -0.1) is 0 Å². The Labute approximate surface area is 194 Å². The predicted octanol–water partition coefficient (Wildman–Crippen LogP) is 4.46. The first-order valence-corrected chi connectivity index (χ1v) is 11.0. The zero-order valence-electron chi connectivity index (χ0n) is 19.0. The van der Waals surface area contributed by atoms with Gasteiger partial charge >= 0.3 is 0 Å². The maximum Gasteiger partial charge on any atom is 0.198 e. The van der Waals surface area contributed by atoms with Crippen molar-refractivity contribution in [3.8, 4) is 5.75 Å². The number of aliphatic imine (C=N–C) groups is 1. The number of nitrogens with zero attached hydrogens (tertiary/aromatic N) is 3. The summed E-state index contributed by atoms with van der Waals surface area (Å²) in [5.41, 5.74) is 8.91. The molecule has 170 valence electrons. The molecule has 0 bridgehead atoms. The lowest BCUT2D eigenvalue weighted by Gasteiger charge is -2.21. The molecule has 0 unspecified atom stereocenters. The van der Waals surface area contributed by atoms with E-state index in [1.165, 1.54) is 12.7 Å². The predicted molar refractivity (Wildman–Crippen MR) is 133 cm³/mol. The van der Waals surface area contributed by atoms with Gasteiger partial charge in [0, 0.05) is 18.3 Å². The molecule has 1 atom stereocenters. The fraction of sp³-hybridized carbons (Fsp3) is 0.269. The number of oxime groups is 1. The molecule has 3 aromatic carbocycles. The van der Waals surface area contributed by atoms with E-state index in [1.54, 1.807) is 6.21 Å². The van der Waals surface area contributed by atoms with E-state index in [-0.39, 0.29) is 12.0 Å². The fourth-order valence-corrected chi connectivity index (χ4v) is 3.94. The molecule has 1 fully saturated rings. The van der Waals surface area contributed by atoms with Crippen molar-refractivity contribution in [3.63, 3.8) is 0 Å². The molecular formula is C26H29N5O2. The second kappa shape index (κ2) is 10.2. The summed E-state index contributed by atoms with van der Waals surface area (Å²) < 4.78 is 5.98. The van der Waals surface area contributed by atoms with Gasteiger partial charge in [0.1, 0.15) is 19.5 Å². The lowest BCUT2D eigenvalue weighted by molar-refractivity contribution is 0.213. The number of likely N-dealkylation sites (tertiary alicyclic amines) is 1. The Kier molecular flexibility index (Phi) is 6.88. The Morgan fingerprint density at radius 1 is 1.12 bits per heavy atom. The van der Waals surface area contributed by atoms with Gasteiger partial charge in [-0.25, -0.2) is 4.99 Å². The van der Waals surface area contributed by atoms with E-state index in [0.717, 1.165) is 47.0 Å². The van der Waals surface area contributed by atoms with E-state index in [2.05, 4.69) is 41.3 Å². The van der Waals surface area contributed by atoms with Crippen LogP contribution in [0.15, 0.2) is 70.8 Å². The molecular weight excluding hydrogens is 414 g/mol. The summed E-state index contributed by atoms with van der Waals surface area (Å²) in [6.07, 6.45) is 3.70. The van der Waals surface area contributed by atoms with Gasteiger partial charge in [0.15, 0.2) is 11.8 Å². The van der Waals surface area contributed by atoms with E-state index >= 15 is 0 Å². The number of hydrogen-bond donors (Lipinski definition) is 2. The Hall–Kier alpha value is -3.87. The number of benzene rings is 3. The number of nitrogens with one attached hydrogen (secondary N) is 1. The van der Waals surface area contributed by atoms with Crippen LogP contribution in [-0.4, -0.2) is 42.6 Å². The largest absolute Gasteiger partial charge is 0.489 e. The van der Waals surface area contributed by atoms with Crippen molar-refractivity contribution in [2.24, 2.45) is 15.9 Å². The van der Waals surface area contributed by atoms with Crippen molar-refractivity contribution < 1.29 is 9.57 Å². The van der Waals surface area contributed by atoms with Crippen LogP contribution < -0.4 is 10.5 Å². The molecule has 7 heteroatoms. The van der Waals surface area contributed by atoms with Gasteiger partial charge in [-0.1, -0.05) is 53.2 Å². The third kappa shape index (κ3) is 5.49. The molecule has 7 nitrogen and oxygen atoms in total. The average Bonchev–Trinajstić information content (AvgIpc) is 3.30. The van der Waals surface area contributed by atoms with Gasteiger partial charge in [-0.05, 0) is 54.3 Å². The van der Waals surface area contributed by atoms with Gasteiger partial charge < -0.3 is 20.2 Å². The molecule has 4 rings (SSSR count). The summed E-state index contributed by atoms with van der Waals surface area (Å²) in [6, 6.07) is 20.4. The van der Waals surface area contributed by atoms with E-state index in [1.807, 2.05) is 41.3 Å². The number of amidine groups is 1. The number of nitrogens with two attached hydrogens (primary N) is 1. The molecule has 1 aliphatic heterocycles. The smallest absolute Gasteiger partial charge is 0.198 e. The topological polar surface area (TPSA) is 96.3 Å². The maximum atomic E-state index is 7.72. The minimum Gasteiger partial charge on any atom is -0.489 e. The number of hydrogen-bond acceptors (Lipinski definition) is 4. The van der Waals surface area contributed by atoms with Crippen LogP contribution in [0.1, 0.15) is 29.5 Å². The van der Waals surface area contributed by atoms with Gasteiger partial charge in [0.25, 0.3) is 0 Å². The first kappa shape index (κ1) is 22.3. The van der Waals surface area contributed by atoms with Crippen LogP contribution in [0.25, 0.3) is 10.8 Å². The van der Waals surface area contributed by atoms with Crippen LogP contribution in [-0.2, 0) is 11.4 Å². The molecule has 0 amide bonds. The molecule has 0 spiro atoms. The average molecular weight is 444 g/mol. The maximum absolute atomic E-state index is 7.72. The molecule has 0 aliphatic carbocycles. The standard InChI is InChI=1S/C26H29N5O2/c1-18-5-7-19(8-6-18)17-33-24-12-11-20-14-22(10-9-21(20)15-24)25(30-32-2)29-16-23-4-3-13-31(23)26(27)28/h5-12,14-16,23H,3-4,13,17H2,1-2H3,(H3,27,28)/b29-16+,30-25-/t23-/m0/s1. The summed E-state index contributed by atoms with van der Waals surface area (Å²) in [6.45, 7) is 3.38. The molecule has 1 saturated heterocycles. The Balaban J connectivity index is 1.50. The summed E-state index contributed by atoms with van der Waals surface area (Å²) in [4.78, 5) is 11.4. The van der Waals surface area contributed by atoms with Crippen LogP contribution in [0.5, 0.6) is 5.75 Å². The molecule has 1 heterocycles. The molecule has 3 aromatic rings. The minimum atomic E-state index is -0.00162. The number of aryl methyl sites for hydroxylation is 1. The minimum absolute atomic E-state index is 0.00162. The van der Waals surface area contributed by atoms with E-state index in [4.69, 9.17) is 20.7 Å². The quantitative estimate of drug-likeness (QED) is 0.334. The highest BCUT2D eigenvalue weighted by Crippen LogP contribution is 2.24. The van der Waals surface area contributed by atoms with E-state index in [9.17, 15) is 0 Å². The summed E-state index contributed by atoms with van der Waals surface area (Å²) in [7, 11) is 1.51. The van der Waals surface area contributed by atoms with Gasteiger partial charge in [0.05, 0.1) is 6.04 Å². The number of rotatable bonds is 6. The normalized spacial score (nSPS) is 16.5. The highest BCUT2D eigenvalue weighted by Gasteiger charge is 2.24. The SMILES string of the molecule is CO/N=C(\N=C\[C@@H]1CCCN1C(=N)N)c1ccc2cc(OCc3ccc(C)cc3)ccc2c1. The molecule has 0 radical (unpaired) electrons. The number of guanidine groups is 1. The van der Waals surface area contributed by atoms with Crippen molar-refractivity contribution in [1.29, 1.82) is 5.41 Å². The Morgan fingerprint density at radius 2 is 1.88 bits per heavy atom. The fourth-order valence-electron chi connectivity index (χ4n) is 3.94. The molecule has 3 N–H and O–H groups in total. The number of fused-ring (bicyclic) bond motifs is 1. The van der Waals surface area contributed by atoms with Gasteiger partial charge in [0.2, 0.25) is 0 Å². The summed E-state index contributed by atoms with van der Waals surface area (Å²) in [5.74, 6) is 1.37. The van der Waals surface area contributed by atoms with Gasteiger partial charge in [-0.2, -0.15) is 0 Å². The van der Waals surface area contributed by atoms with Crippen LogP contribution in [0.2, 0.25) is 0 Å². The summed E-state index contributed by atoms with van der Waals surface area (Å²) >= 11 is 0. The zero-order valence-corrected chi connectivity index (χ0v) is 19.0. The van der Waals surface area contributed by atoms with Crippen LogP contribution in [0.4, 0.5) is 0 Å².